The predicted octanol–water partition coefficient (Wildman–Crippen LogP) is 5.54. The van der Waals surface area contributed by atoms with Crippen LogP contribution < -0.4 is 0 Å². The molecule has 1 rings (SSSR count). The maximum atomic E-state index is 6.06. The molecular weight excluding hydrogens is 312 g/mol. The van der Waals surface area contributed by atoms with Crippen LogP contribution in [0.2, 0.25) is 0 Å². The summed E-state index contributed by atoms with van der Waals surface area (Å²) < 4.78 is 18.1. The van der Waals surface area contributed by atoms with Gasteiger partial charge in [0.25, 0.3) is 0 Å². The highest BCUT2D eigenvalue weighted by Crippen LogP contribution is 2.25. The third kappa shape index (κ3) is 9.41. The zero-order valence-corrected chi connectivity index (χ0v) is 15.8. The van der Waals surface area contributed by atoms with Crippen molar-refractivity contribution in [1.82, 2.24) is 0 Å². The van der Waals surface area contributed by atoms with Gasteiger partial charge in [-0.15, -0.1) is 18.9 Å². The first-order chi connectivity index (χ1) is 12.3. The highest BCUT2D eigenvalue weighted by molar-refractivity contribution is 5.24. The number of hydrogen-bond acceptors (Lipinski definition) is 3. The number of unbranched alkanes of at least 4 members (excludes halogenated alkanes) is 5. The van der Waals surface area contributed by atoms with Gasteiger partial charge < -0.3 is 14.2 Å². The summed E-state index contributed by atoms with van der Waals surface area (Å²) in [7, 11) is 0. The zero-order valence-electron chi connectivity index (χ0n) is 15.8. The molecule has 0 N–H and O–H groups in total. The van der Waals surface area contributed by atoms with E-state index in [0.717, 1.165) is 63.1 Å². The third-order valence-corrected chi connectivity index (χ3v) is 4.00. The SMILES string of the molecule is C#CCCCCOC1=C(OCCCCC)C=CCC1OCCCC=C. The molecule has 25 heavy (non-hydrogen) atoms. The first kappa shape index (κ1) is 21.4. The lowest BCUT2D eigenvalue weighted by Crippen LogP contribution is -2.23. The molecule has 0 saturated carbocycles. The number of ether oxygens (including phenoxy) is 3. The Morgan fingerprint density at radius 1 is 1.16 bits per heavy atom. The molecule has 0 amide bonds. The van der Waals surface area contributed by atoms with Crippen LogP contribution in [0.3, 0.4) is 0 Å². The largest absolute Gasteiger partial charge is 0.491 e. The van der Waals surface area contributed by atoms with Crippen molar-refractivity contribution in [3.63, 3.8) is 0 Å². The minimum atomic E-state index is -0.0522. The lowest BCUT2D eigenvalue weighted by molar-refractivity contribution is 0.0173. The summed E-state index contributed by atoms with van der Waals surface area (Å²) in [6, 6.07) is 0. The molecule has 0 aromatic rings. The molecule has 1 unspecified atom stereocenters. The van der Waals surface area contributed by atoms with Gasteiger partial charge in [-0.25, -0.2) is 0 Å². The standard InChI is InChI=1S/C22H34O3/c1-4-7-10-13-19-25-22-20(23-17-11-8-5-2)15-14-16-21(22)24-18-12-9-6-3/h1,5,14,16,20H,2,6-13,15,17-19H2,3H3. The van der Waals surface area contributed by atoms with Crippen LogP contribution in [-0.4, -0.2) is 25.9 Å². The van der Waals surface area contributed by atoms with Gasteiger partial charge in [0.2, 0.25) is 0 Å². The Balaban J connectivity index is 2.59. The van der Waals surface area contributed by atoms with Gasteiger partial charge >= 0.3 is 0 Å². The Bertz CT molecular complexity index is 456. The molecule has 1 aliphatic carbocycles. The van der Waals surface area contributed by atoms with Crippen LogP contribution in [0.4, 0.5) is 0 Å². The number of allylic oxidation sites excluding steroid dienone is 2. The van der Waals surface area contributed by atoms with Crippen LogP contribution in [0.1, 0.15) is 64.7 Å². The Morgan fingerprint density at radius 3 is 2.72 bits per heavy atom. The van der Waals surface area contributed by atoms with E-state index in [1.54, 1.807) is 0 Å². The summed E-state index contributed by atoms with van der Waals surface area (Å²) >= 11 is 0. The molecule has 3 heteroatoms. The highest BCUT2D eigenvalue weighted by atomic mass is 16.6. The van der Waals surface area contributed by atoms with Crippen molar-refractivity contribution in [1.29, 1.82) is 0 Å². The molecule has 0 heterocycles. The van der Waals surface area contributed by atoms with Gasteiger partial charge in [0.15, 0.2) is 11.5 Å². The lowest BCUT2D eigenvalue weighted by Gasteiger charge is -2.25. The topological polar surface area (TPSA) is 27.7 Å². The quantitative estimate of drug-likeness (QED) is 0.221. The molecule has 0 aliphatic heterocycles. The second-order valence-corrected chi connectivity index (χ2v) is 6.22. The van der Waals surface area contributed by atoms with Crippen molar-refractivity contribution in [2.45, 2.75) is 70.8 Å². The molecular formula is C22H34O3. The molecule has 0 aromatic carbocycles. The minimum Gasteiger partial charge on any atom is -0.491 e. The summed E-state index contributed by atoms with van der Waals surface area (Å²) in [4.78, 5) is 0. The zero-order chi connectivity index (χ0) is 18.2. The van der Waals surface area contributed by atoms with Gasteiger partial charge in [0.1, 0.15) is 6.10 Å². The molecule has 1 aliphatic rings. The smallest absolute Gasteiger partial charge is 0.167 e. The second kappa shape index (κ2) is 14.7. The summed E-state index contributed by atoms with van der Waals surface area (Å²) in [5, 5.41) is 0. The molecule has 140 valence electrons. The highest BCUT2D eigenvalue weighted by Gasteiger charge is 2.23. The molecule has 3 nitrogen and oxygen atoms in total. The number of terminal acetylenes is 1. The first-order valence-corrected chi connectivity index (χ1v) is 9.65. The Kier molecular flexibility index (Phi) is 12.5. The molecule has 0 aromatic heterocycles. The average molecular weight is 347 g/mol. The predicted molar refractivity (Wildman–Crippen MR) is 104 cm³/mol. The maximum Gasteiger partial charge on any atom is 0.167 e. The van der Waals surface area contributed by atoms with Crippen molar-refractivity contribution in [3.8, 4) is 12.3 Å². The third-order valence-electron chi connectivity index (χ3n) is 4.00. The van der Waals surface area contributed by atoms with E-state index in [9.17, 15) is 0 Å². The van der Waals surface area contributed by atoms with Crippen molar-refractivity contribution >= 4 is 0 Å². The molecule has 0 fully saturated rings. The monoisotopic (exact) mass is 346 g/mol. The summed E-state index contributed by atoms with van der Waals surface area (Å²) in [5.41, 5.74) is 0. The Morgan fingerprint density at radius 2 is 1.96 bits per heavy atom. The number of hydrogen-bond donors (Lipinski definition) is 0. The fraction of sp³-hybridized carbons (Fsp3) is 0.636. The summed E-state index contributed by atoms with van der Waals surface area (Å²) in [6.07, 6.45) is 20.2. The lowest BCUT2D eigenvalue weighted by atomic mass is 10.1. The fourth-order valence-corrected chi connectivity index (χ4v) is 2.57. The van der Waals surface area contributed by atoms with Crippen molar-refractivity contribution in [2.24, 2.45) is 0 Å². The molecule has 0 spiro atoms. The second-order valence-electron chi connectivity index (χ2n) is 6.22. The van der Waals surface area contributed by atoms with E-state index in [-0.39, 0.29) is 6.10 Å². The Labute approximate surface area is 154 Å². The average Bonchev–Trinajstić information content (AvgIpc) is 2.63. The first-order valence-electron chi connectivity index (χ1n) is 9.65. The van der Waals surface area contributed by atoms with E-state index in [2.05, 4.69) is 25.5 Å². The van der Waals surface area contributed by atoms with Crippen LogP contribution in [0.25, 0.3) is 0 Å². The van der Waals surface area contributed by atoms with E-state index in [1.165, 1.54) is 12.8 Å². The Hall–Kier alpha value is -1.66. The molecule has 1 atom stereocenters. The molecule has 0 bridgehead atoms. The van der Waals surface area contributed by atoms with E-state index >= 15 is 0 Å². The van der Waals surface area contributed by atoms with E-state index in [4.69, 9.17) is 20.6 Å². The molecule has 0 saturated heterocycles. The van der Waals surface area contributed by atoms with Crippen molar-refractivity contribution in [2.75, 3.05) is 19.8 Å². The minimum absolute atomic E-state index is 0.0522. The number of rotatable bonds is 15. The van der Waals surface area contributed by atoms with Crippen LogP contribution in [0.15, 0.2) is 36.3 Å². The van der Waals surface area contributed by atoms with Gasteiger partial charge in [-0.05, 0) is 44.6 Å². The van der Waals surface area contributed by atoms with Gasteiger partial charge in [0.05, 0.1) is 13.2 Å². The van der Waals surface area contributed by atoms with Crippen LogP contribution in [-0.2, 0) is 14.2 Å². The van der Waals surface area contributed by atoms with Crippen LogP contribution in [0.5, 0.6) is 0 Å². The van der Waals surface area contributed by atoms with Crippen molar-refractivity contribution < 1.29 is 14.2 Å². The van der Waals surface area contributed by atoms with Gasteiger partial charge in [-0.1, -0.05) is 31.9 Å². The summed E-state index contributed by atoms with van der Waals surface area (Å²) in [5.74, 6) is 4.34. The van der Waals surface area contributed by atoms with Gasteiger partial charge in [0, 0.05) is 13.0 Å². The molecule has 0 radical (unpaired) electrons. The van der Waals surface area contributed by atoms with Gasteiger partial charge in [-0.2, -0.15) is 0 Å². The normalized spacial score (nSPS) is 16.6. The van der Waals surface area contributed by atoms with E-state index < -0.39 is 0 Å². The van der Waals surface area contributed by atoms with E-state index in [1.807, 2.05) is 12.2 Å². The summed E-state index contributed by atoms with van der Waals surface area (Å²) in [6.45, 7) is 8.02. The fourth-order valence-electron chi connectivity index (χ4n) is 2.57. The van der Waals surface area contributed by atoms with Crippen LogP contribution in [0, 0.1) is 12.3 Å². The van der Waals surface area contributed by atoms with Crippen molar-refractivity contribution in [3.05, 3.63) is 36.3 Å². The van der Waals surface area contributed by atoms with Gasteiger partial charge in [-0.3, -0.25) is 0 Å². The van der Waals surface area contributed by atoms with E-state index in [0.29, 0.717) is 13.2 Å². The maximum absolute atomic E-state index is 6.06. The van der Waals surface area contributed by atoms with Crippen LogP contribution >= 0.6 is 0 Å².